The second-order valence-electron chi connectivity index (χ2n) is 13.3. The maximum atomic E-state index is 5.77. The monoisotopic (exact) mass is 463 g/mol. The van der Waals surface area contributed by atoms with Gasteiger partial charge in [0.15, 0.2) is 0 Å². The summed E-state index contributed by atoms with van der Waals surface area (Å²) in [6.07, 6.45) is 15.9. The van der Waals surface area contributed by atoms with Crippen LogP contribution in [-0.4, -0.2) is 37.6 Å². The predicted molar refractivity (Wildman–Crippen MR) is 138 cm³/mol. The van der Waals surface area contributed by atoms with E-state index in [9.17, 15) is 0 Å². The number of anilines is 1. The van der Waals surface area contributed by atoms with Crippen LogP contribution < -0.4 is 10.2 Å². The molecule has 9 aliphatic rings. The predicted octanol–water partition coefficient (Wildman–Crippen LogP) is 6.28. The molecule has 0 aromatic heterocycles. The Labute approximate surface area is 202 Å². The molecule has 1 aliphatic heterocycles. The van der Waals surface area contributed by atoms with Gasteiger partial charge in [0.2, 0.25) is 0 Å². The molecule has 0 N–H and O–H groups in total. The highest BCUT2D eigenvalue weighted by Crippen LogP contribution is 2.71. The van der Waals surface area contributed by atoms with Crippen LogP contribution in [0.1, 0.15) is 64.2 Å². The molecule has 8 bridgehead atoms. The van der Waals surface area contributed by atoms with E-state index < -0.39 is 0 Å². The van der Waals surface area contributed by atoms with Gasteiger partial charge in [-0.15, -0.1) is 0 Å². The summed E-state index contributed by atoms with van der Waals surface area (Å²) in [5.41, 5.74) is 3.70. The molecule has 1 saturated heterocycles. The van der Waals surface area contributed by atoms with Crippen molar-refractivity contribution in [2.45, 2.75) is 75.5 Å². The van der Waals surface area contributed by atoms with E-state index in [1.54, 1.807) is 69.9 Å². The molecule has 33 heavy (non-hydrogen) atoms. The number of ether oxygens (including phenoxy) is 1. The van der Waals surface area contributed by atoms with Crippen LogP contribution in [0.2, 0.25) is 0 Å². The molecular weight excluding hydrogens is 421 g/mol. The Morgan fingerprint density at radius 2 is 1.06 bits per heavy atom. The first-order valence-corrected chi connectivity index (χ1v) is 16.0. The fourth-order valence-corrected chi connectivity index (χ4v) is 15.5. The molecule has 9 fully saturated rings. The van der Waals surface area contributed by atoms with E-state index in [4.69, 9.17) is 4.74 Å². The van der Waals surface area contributed by atoms with Gasteiger partial charge in [-0.1, -0.05) is 26.1 Å². The van der Waals surface area contributed by atoms with E-state index in [2.05, 4.69) is 29.2 Å². The zero-order chi connectivity index (χ0) is 21.5. The summed E-state index contributed by atoms with van der Waals surface area (Å²) < 4.78 is 5.77. The van der Waals surface area contributed by atoms with Crippen LogP contribution in [0.5, 0.6) is 0 Å². The summed E-state index contributed by atoms with van der Waals surface area (Å²) >= 11 is 0. The Morgan fingerprint density at radius 3 is 1.55 bits per heavy atom. The molecule has 8 aliphatic carbocycles. The van der Waals surface area contributed by atoms with Gasteiger partial charge in [0.1, 0.15) is 0 Å². The molecule has 0 atom stereocenters. The first-order valence-electron chi connectivity index (χ1n) is 14.5. The van der Waals surface area contributed by atoms with Crippen molar-refractivity contribution in [1.82, 2.24) is 0 Å². The van der Waals surface area contributed by atoms with Crippen molar-refractivity contribution < 1.29 is 4.74 Å². The number of rotatable bonds is 4. The lowest BCUT2D eigenvalue weighted by Gasteiger charge is -2.62. The lowest BCUT2D eigenvalue weighted by molar-refractivity contribution is 0.0136. The smallest absolute Gasteiger partial charge is 0.0642 e. The van der Waals surface area contributed by atoms with Gasteiger partial charge in [-0.05, 0) is 134 Å². The molecule has 8 saturated carbocycles. The number of morpholine rings is 1. The minimum absolute atomic E-state index is 0.0837. The van der Waals surface area contributed by atoms with Gasteiger partial charge in [0.05, 0.1) is 13.2 Å². The lowest BCUT2D eigenvalue weighted by Crippen LogP contribution is -2.54. The standard InChI is InChI=1S/C30H42NOP/c1-2-4-28(27(3-1)31-5-7-32-8-6-31)33(29-23-11-19-9-20(13-23)14-24(29)12-19)30-25-15-21-10-22(17-25)18-26(30)16-21/h1-4,19-26,29-30H,5-18H2. The number of hydrogen-bond acceptors (Lipinski definition) is 2. The first-order chi connectivity index (χ1) is 16.3. The first kappa shape index (κ1) is 20.6. The molecule has 10 rings (SSSR count). The van der Waals surface area contributed by atoms with Crippen LogP contribution in [0.4, 0.5) is 5.69 Å². The summed E-state index contributed by atoms with van der Waals surface area (Å²) in [5.74, 6) is 8.60. The largest absolute Gasteiger partial charge is 0.378 e. The SMILES string of the molecule is c1ccc(P(C2C3CC4CC(C3)CC2C4)C2C3CC4CC(C3)CC2C4)c(N2CCOCC2)c1. The van der Waals surface area contributed by atoms with Gasteiger partial charge in [-0.2, -0.15) is 0 Å². The Balaban J connectivity index is 1.23. The van der Waals surface area contributed by atoms with Crippen LogP contribution >= 0.6 is 7.92 Å². The quantitative estimate of drug-likeness (QED) is 0.487. The highest BCUT2D eigenvalue weighted by atomic mass is 31.1. The summed E-state index contributed by atoms with van der Waals surface area (Å²) in [6, 6.07) is 9.87. The topological polar surface area (TPSA) is 12.5 Å². The van der Waals surface area contributed by atoms with Crippen LogP contribution in [0, 0.1) is 47.3 Å². The molecule has 1 aromatic rings. The zero-order valence-corrected chi connectivity index (χ0v) is 21.2. The number of nitrogens with zero attached hydrogens (tertiary/aromatic N) is 1. The fraction of sp³-hybridized carbons (Fsp3) is 0.800. The van der Waals surface area contributed by atoms with Crippen molar-refractivity contribution in [2.24, 2.45) is 47.3 Å². The molecule has 0 unspecified atom stereocenters. The minimum atomic E-state index is -0.0837. The molecule has 1 heterocycles. The third-order valence-electron chi connectivity index (χ3n) is 11.5. The van der Waals surface area contributed by atoms with Gasteiger partial charge >= 0.3 is 0 Å². The van der Waals surface area contributed by atoms with Crippen molar-refractivity contribution in [3.05, 3.63) is 24.3 Å². The van der Waals surface area contributed by atoms with Gasteiger partial charge in [0.25, 0.3) is 0 Å². The second kappa shape index (κ2) is 7.96. The average molecular weight is 464 g/mol. The highest BCUT2D eigenvalue weighted by molar-refractivity contribution is 7.67. The normalized spacial score (nSPS) is 48.4. The third-order valence-corrected chi connectivity index (χ3v) is 15.4. The van der Waals surface area contributed by atoms with E-state index in [0.717, 1.165) is 85.0 Å². The lowest BCUT2D eigenvalue weighted by atomic mass is 9.55. The van der Waals surface area contributed by atoms with Gasteiger partial charge in [-0.3, -0.25) is 0 Å². The summed E-state index contributed by atoms with van der Waals surface area (Å²) in [6.45, 7) is 3.98. The van der Waals surface area contributed by atoms with Gasteiger partial charge in [-0.25, -0.2) is 0 Å². The summed E-state index contributed by atoms with van der Waals surface area (Å²) in [4.78, 5) is 2.71. The van der Waals surface area contributed by atoms with Crippen LogP contribution in [0.3, 0.4) is 0 Å². The van der Waals surface area contributed by atoms with Gasteiger partial charge < -0.3 is 9.64 Å². The van der Waals surface area contributed by atoms with E-state index in [1.807, 2.05) is 5.30 Å². The van der Waals surface area contributed by atoms with E-state index in [-0.39, 0.29) is 7.92 Å². The van der Waals surface area contributed by atoms with Crippen molar-refractivity contribution in [1.29, 1.82) is 0 Å². The van der Waals surface area contributed by atoms with E-state index in [0.29, 0.717) is 0 Å². The Kier molecular flexibility index (Phi) is 4.97. The molecule has 3 heteroatoms. The molecular formula is C30H42NOP. The molecule has 0 radical (unpaired) electrons. The molecule has 1 aromatic carbocycles. The van der Waals surface area contributed by atoms with E-state index in [1.165, 1.54) is 0 Å². The average Bonchev–Trinajstić information content (AvgIpc) is 2.82. The van der Waals surface area contributed by atoms with Crippen molar-refractivity contribution in [2.75, 3.05) is 31.2 Å². The second-order valence-corrected chi connectivity index (χ2v) is 15.8. The van der Waals surface area contributed by atoms with Crippen LogP contribution in [0.25, 0.3) is 0 Å². The molecule has 2 nitrogen and oxygen atoms in total. The molecule has 178 valence electrons. The maximum Gasteiger partial charge on any atom is 0.0642 e. The fourth-order valence-electron chi connectivity index (χ4n) is 11.0. The van der Waals surface area contributed by atoms with Crippen molar-refractivity contribution in [3.8, 4) is 0 Å². The summed E-state index contributed by atoms with van der Waals surface area (Å²) in [5, 5.41) is 1.84. The Morgan fingerprint density at radius 1 is 0.606 bits per heavy atom. The third kappa shape index (κ3) is 3.32. The Hall–Kier alpha value is -0.590. The number of para-hydroxylation sites is 1. The van der Waals surface area contributed by atoms with Crippen LogP contribution in [-0.2, 0) is 4.74 Å². The Bertz CT molecular complexity index is 795. The van der Waals surface area contributed by atoms with Crippen LogP contribution in [0.15, 0.2) is 24.3 Å². The number of benzene rings is 1. The van der Waals surface area contributed by atoms with E-state index >= 15 is 0 Å². The van der Waals surface area contributed by atoms with Crippen molar-refractivity contribution >= 4 is 18.9 Å². The highest BCUT2D eigenvalue weighted by Gasteiger charge is 2.57. The maximum absolute atomic E-state index is 5.77. The number of hydrogen-bond donors (Lipinski definition) is 0. The molecule has 0 spiro atoms. The van der Waals surface area contributed by atoms with Crippen molar-refractivity contribution in [3.63, 3.8) is 0 Å². The summed E-state index contributed by atoms with van der Waals surface area (Å²) in [7, 11) is -0.0837. The molecule has 0 amide bonds. The van der Waals surface area contributed by atoms with Gasteiger partial charge in [0, 0.05) is 18.8 Å². The minimum Gasteiger partial charge on any atom is -0.378 e. The zero-order valence-electron chi connectivity index (χ0n) is 20.3.